The smallest absolute Gasteiger partial charge is 0.00697 e. The molecule has 4 aromatic carbocycles. The van der Waals surface area contributed by atoms with Crippen LogP contribution in [0.5, 0.6) is 0 Å². The number of hydrogen-bond donors (Lipinski definition) is 0. The van der Waals surface area contributed by atoms with E-state index in [9.17, 15) is 0 Å². The molecule has 0 amide bonds. The van der Waals surface area contributed by atoms with Gasteiger partial charge in [-0.25, -0.2) is 0 Å². The number of rotatable bonds is 0. The van der Waals surface area contributed by atoms with E-state index in [4.69, 9.17) is 0 Å². The minimum atomic E-state index is 1.28. The summed E-state index contributed by atoms with van der Waals surface area (Å²) in [4.78, 5) is 0. The summed E-state index contributed by atoms with van der Waals surface area (Å²) in [6.45, 7) is 2.21. The molecule has 0 heterocycles. The van der Waals surface area contributed by atoms with E-state index in [-0.39, 0.29) is 0 Å². The zero-order valence-electron chi connectivity index (χ0n) is 14.2. The first-order chi connectivity index (χ1) is 12.3. The zero-order chi connectivity index (χ0) is 16.8. The molecule has 0 aliphatic heterocycles. The van der Waals surface area contributed by atoms with Crippen molar-refractivity contribution in [1.82, 2.24) is 0 Å². The lowest BCUT2D eigenvalue weighted by atomic mass is 9.87. The van der Waals surface area contributed by atoms with Crippen LogP contribution < -0.4 is 0 Å². The number of fused-ring (bicyclic) bond motifs is 9. The summed E-state index contributed by atoms with van der Waals surface area (Å²) < 4.78 is 0. The van der Waals surface area contributed by atoms with Crippen LogP contribution in [0, 0.1) is 6.92 Å². The lowest BCUT2D eigenvalue weighted by Gasteiger charge is -2.17. The van der Waals surface area contributed by atoms with Gasteiger partial charge in [0.15, 0.2) is 0 Å². The highest BCUT2D eigenvalue weighted by atomic mass is 14.2. The van der Waals surface area contributed by atoms with Crippen LogP contribution in [0.4, 0.5) is 0 Å². The van der Waals surface area contributed by atoms with Gasteiger partial charge in [-0.1, -0.05) is 84.9 Å². The van der Waals surface area contributed by atoms with Crippen molar-refractivity contribution >= 4 is 0 Å². The Morgan fingerprint density at radius 1 is 0.440 bits per heavy atom. The van der Waals surface area contributed by atoms with Gasteiger partial charge >= 0.3 is 0 Å². The first-order valence-electron chi connectivity index (χ1n) is 8.72. The Bertz CT molecular complexity index is 1100. The maximum atomic E-state index is 2.32. The number of aryl methyl sites for hydroxylation is 1. The van der Waals surface area contributed by atoms with Gasteiger partial charge in [0.1, 0.15) is 0 Å². The Kier molecular flexibility index (Phi) is 3.11. The Hall–Kier alpha value is -3.12. The van der Waals surface area contributed by atoms with Crippen LogP contribution in [0.25, 0.3) is 44.5 Å². The van der Waals surface area contributed by atoms with E-state index in [1.807, 2.05) is 0 Å². The number of hydrogen-bond acceptors (Lipinski definition) is 0. The molecular formula is C25H18. The quantitative estimate of drug-likeness (QED) is 0.289. The van der Waals surface area contributed by atoms with Crippen LogP contribution in [0.2, 0.25) is 0 Å². The van der Waals surface area contributed by atoms with Crippen molar-refractivity contribution in [1.29, 1.82) is 0 Å². The van der Waals surface area contributed by atoms with E-state index >= 15 is 0 Å². The summed E-state index contributed by atoms with van der Waals surface area (Å²) in [5.74, 6) is 0. The molecule has 0 atom stereocenters. The van der Waals surface area contributed by atoms with Gasteiger partial charge in [-0.05, 0) is 63.1 Å². The van der Waals surface area contributed by atoms with Crippen molar-refractivity contribution in [3.05, 3.63) is 96.6 Å². The van der Waals surface area contributed by atoms with Crippen LogP contribution >= 0.6 is 0 Å². The lowest BCUT2D eigenvalue weighted by molar-refractivity contribution is 1.45. The minimum absolute atomic E-state index is 1.28. The average Bonchev–Trinajstić information content (AvgIpc) is 2.70. The molecule has 1 aliphatic carbocycles. The van der Waals surface area contributed by atoms with E-state index in [2.05, 4.69) is 97.9 Å². The van der Waals surface area contributed by atoms with Gasteiger partial charge in [-0.2, -0.15) is 0 Å². The molecule has 0 radical (unpaired) electrons. The summed E-state index contributed by atoms with van der Waals surface area (Å²) in [7, 11) is 0. The average molecular weight is 318 g/mol. The van der Waals surface area contributed by atoms with E-state index < -0.39 is 0 Å². The maximum absolute atomic E-state index is 2.32. The molecule has 118 valence electrons. The second-order valence-corrected chi connectivity index (χ2v) is 6.67. The summed E-state index contributed by atoms with van der Waals surface area (Å²) in [5.41, 5.74) is 11.7. The third-order valence-corrected chi connectivity index (χ3v) is 5.17. The fourth-order valence-electron chi connectivity index (χ4n) is 4.03. The largest absolute Gasteiger partial charge is 0.0616 e. The van der Waals surface area contributed by atoms with Crippen molar-refractivity contribution in [2.45, 2.75) is 6.92 Å². The van der Waals surface area contributed by atoms with E-state index in [1.165, 1.54) is 50.1 Å². The van der Waals surface area contributed by atoms with Crippen molar-refractivity contribution in [3.8, 4) is 44.5 Å². The van der Waals surface area contributed by atoms with Crippen molar-refractivity contribution in [3.63, 3.8) is 0 Å². The molecule has 0 aromatic heterocycles. The van der Waals surface area contributed by atoms with Gasteiger partial charge in [0.05, 0.1) is 0 Å². The molecule has 0 unspecified atom stereocenters. The summed E-state index contributed by atoms with van der Waals surface area (Å²) in [6.07, 6.45) is 0. The molecule has 0 saturated heterocycles. The van der Waals surface area contributed by atoms with E-state index in [0.29, 0.717) is 0 Å². The molecule has 2 bridgehead atoms. The molecule has 0 saturated carbocycles. The minimum Gasteiger partial charge on any atom is -0.0616 e. The topological polar surface area (TPSA) is 0 Å². The summed E-state index contributed by atoms with van der Waals surface area (Å²) >= 11 is 0. The van der Waals surface area contributed by atoms with Crippen molar-refractivity contribution in [2.75, 3.05) is 0 Å². The predicted octanol–water partition coefficient (Wildman–Crippen LogP) is 6.98. The van der Waals surface area contributed by atoms with Crippen LogP contribution in [0.1, 0.15) is 5.56 Å². The van der Waals surface area contributed by atoms with Crippen molar-refractivity contribution in [2.24, 2.45) is 0 Å². The standard InChI is InChI=1S/C25H18/c1-17-8-6-15-24-22-13-4-2-11-20(22)18-9-7-10-19(16-18)21-12-3-5-14-23(21)25(17)24/h2-16H,1H3. The highest BCUT2D eigenvalue weighted by molar-refractivity contribution is 5.99. The van der Waals surface area contributed by atoms with Gasteiger partial charge < -0.3 is 0 Å². The highest BCUT2D eigenvalue weighted by Crippen LogP contribution is 2.45. The highest BCUT2D eigenvalue weighted by Gasteiger charge is 2.19. The summed E-state index contributed by atoms with van der Waals surface area (Å²) in [6, 6.07) is 33.1. The third-order valence-electron chi connectivity index (χ3n) is 5.17. The van der Waals surface area contributed by atoms with E-state index in [1.54, 1.807) is 0 Å². The zero-order valence-corrected chi connectivity index (χ0v) is 14.2. The van der Waals surface area contributed by atoms with Gasteiger partial charge in [0, 0.05) is 0 Å². The second-order valence-electron chi connectivity index (χ2n) is 6.67. The fourth-order valence-corrected chi connectivity index (χ4v) is 4.03. The molecule has 0 heteroatoms. The molecule has 1 aliphatic rings. The van der Waals surface area contributed by atoms with E-state index in [0.717, 1.165) is 0 Å². The van der Waals surface area contributed by atoms with Gasteiger partial charge in [-0.3, -0.25) is 0 Å². The van der Waals surface area contributed by atoms with Gasteiger partial charge in [-0.15, -0.1) is 0 Å². The molecule has 0 nitrogen and oxygen atoms in total. The Morgan fingerprint density at radius 2 is 0.960 bits per heavy atom. The van der Waals surface area contributed by atoms with Crippen LogP contribution in [-0.2, 0) is 0 Å². The van der Waals surface area contributed by atoms with Gasteiger partial charge in [0.2, 0.25) is 0 Å². The Balaban J connectivity index is 2.03. The van der Waals surface area contributed by atoms with Crippen LogP contribution in [-0.4, -0.2) is 0 Å². The molecule has 4 aromatic rings. The van der Waals surface area contributed by atoms with Gasteiger partial charge in [0.25, 0.3) is 0 Å². The van der Waals surface area contributed by atoms with Crippen LogP contribution in [0.3, 0.4) is 0 Å². The number of benzene rings is 4. The molecule has 25 heavy (non-hydrogen) atoms. The Morgan fingerprint density at radius 3 is 1.68 bits per heavy atom. The first kappa shape index (κ1) is 14.2. The normalized spacial score (nSPS) is 11.4. The van der Waals surface area contributed by atoms with Crippen LogP contribution in [0.15, 0.2) is 91.0 Å². The monoisotopic (exact) mass is 318 g/mol. The molecule has 0 N–H and O–H groups in total. The molecular weight excluding hydrogens is 300 g/mol. The lowest BCUT2D eigenvalue weighted by Crippen LogP contribution is -1.91. The van der Waals surface area contributed by atoms with Crippen molar-refractivity contribution < 1.29 is 0 Å². The molecule has 5 rings (SSSR count). The third kappa shape index (κ3) is 2.15. The second kappa shape index (κ2) is 5.46. The molecule has 0 fully saturated rings. The fraction of sp³-hybridized carbons (Fsp3) is 0.0400. The predicted molar refractivity (Wildman–Crippen MR) is 106 cm³/mol. The SMILES string of the molecule is Cc1cccc2c1-c1ccccc1-c1cccc(c1)-c1ccccc1-2. The Labute approximate surface area is 148 Å². The maximum Gasteiger partial charge on any atom is -0.00697 e. The summed E-state index contributed by atoms with van der Waals surface area (Å²) in [5, 5.41) is 0. The first-order valence-corrected chi connectivity index (χ1v) is 8.72. The molecule has 0 spiro atoms.